The van der Waals surface area contributed by atoms with Gasteiger partial charge in [0, 0.05) is 6.61 Å². The molecule has 3 nitrogen and oxygen atoms in total. The van der Waals surface area contributed by atoms with Crippen LogP contribution in [0.1, 0.15) is 18.7 Å². The van der Waals surface area contributed by atoms with E-state index in [1.54, 1.807) is 11.3 Å². The number of thiophene rings is 1. The van der Waals surface area contributed by atoms with Gasteiger partial charge in [0.15, 0.2) is 17.8 Å². The van der Waals surface area contributed by atoms with E-state index in [1.165, 1.54) is 0 Å². The topological polar surface area (TPSA) is 27.7 Å². The van der Waals surface area contributed by atoms with Crippen LogP contribution < -0.4 is 9.47 Å². The number of ether oxygens (including phenoxy) is 3. The van der Waals surface area contributed by atoms with Crippen molar-refractivity contribution in [3.05, 3.63) is 46.7 Å². The van der Waals surface area contributed by atoms with Gasteiger partial charge in [-0.05, 0) is 37.4 Å². The summed E-state index contributed by atoms with van der Waals surface area (Å²) in [5.41, 5.74) is 0. The lowest BCUT2D eigenvalue weighted by molar-refractivity contribution is -0.0624. The zero-order valence-electron chi connectivity index (χ0n) is 12.2. The van der Waals surface area contributed by atoms with Gasteiger partial charge in [0.25, 0.3) is 0 Å². The van der Waals surface area contributed by atoms with Gasteiger partial charge in [0.2, 0.25) is 0 Å². The summed E-state index contributed by atoms with van der Waals surface area (Å²) in [7, 11) is 0. The van der Waals surface area contributed by atoms with E-state index in [2.05, 4.69) is 11.8 Å². The van der Waals surface area contributed by atoms with Gasteiger partial charge >= 0.3 is 0 Å². The monoisotopic (exact) mass is 302 g/mol. The molecule has 4 heteroatoms. The first-order valence-electron chi connectivity index (χ1n) is 6.82. The zero-order valence-corrected chi connectivity index (χ0v) is 13.0. The van der Waals surface area contributed by atoms with Crippen molar-refractivity contribution in [3.8, 4) is 23.3 Å². The van der Waals surface area contributed by atoms with Crippen molar-refractivity contribution >= 4 is 11.3 Å². The molecule has 0 bridgehead atoms. The van der Waals surface area contributed by atoms with Crippen molar-refractivity contribution in [2.45, 2.75) is 20.1 Å². The quantitative estimate of drug-likeness (QED) is 0.597. The molecule has 0 N–H and O–H groups in total. The molecule has 0 saturated heterocycles. The first kappa shape index (κ1) is 15.4. The summed E-state index contributed by atoms with van der Waals surface area (Å²) in [5, 5.41) is 2.00. The zero-order chi connectivity index (χ0) is 14.9. The minimum Gasteiger partial charge on any atom is -0.477 e. The summed E-state index contributed by atoms with van der Waals surface area (Å²) in [6.45, 7) is 4.72. The predicted molar refractivity (Wildman–Crippen MR) is 84.9 cm³/mol. The Labute approximate surface area is 129 Å². The lowest BCUT2D eigenvalue weighted by Crippen LogP contribution is -2.16. The number of rotatable bonds is 6. The molecule has 0 radical (unpaired) electrons. The molecule has 2 rings (SSSR count). The lowest BCUT2D eigenvalue weighted by atomic mass is 10.3. The van der Waals surface area contributed by atoms with E-state index in [-0.39, 0.29) is 6.29 Å². The molecule has 0 spiro atoms. The average Bonchev–Trinajstić information content (AvgIpc) is 2.99. The molecule has 21 heavy (non-hydrogen) atoms. The molecule has 110 valence electrons. The fraction of sp³-hybridized carbons (Fsp3) is 0.294. The van der Waals surface area contributed by atoms with Crippen LogP contribution in [0.5, 0.6) is 11.5 Å². The second kappa shape index (κ2) is 8.35. The van der Waals surface area contributed by atoms with Gasteiger partial charge in [-0.3, -0.25) is 0 Å². The molecule has 1 aromatic heterocycles. The summed E-state index contributed by atoms with van der Waals surface area (Å²) < 4.78 is 16.7. The van der Waals surface area contributed by atoms with Gasteiger partial charge in [-0.2, -0.15) is 0 Å². The molecule has 0 aliphatic carbocycles. The Kier molecular flexibility index (Phi) is 6.14. The summed E-state index contributed by atoms with van der Waals surface area (Å²) >= 11 is 1.62. The Hall–Kier alpha value is -1.96. The van der Waals surface area contributed by atoms with E-state index >= 15 is 0 Å². The van der Waals surface area contributed by atoms with Crippen LogP contribution in [0.4, 0.5) is 0 Å². The second-order valence-corrected chi connectivity index (χ2v) is 5.10. The van der Waals surface area contributed by atoms with Crippen LogP contribution in [-0.4, -0.2) is 19.5 Å². The van der Waals surface area contributed by atoms with Crippen LogP contribution in [0.3, 0.4) is 0 Å². The van der Waals surface area contributed by atoms with Gasteiger partial charge < -0.3 is 14.2 Å². The predicted octanol–water partition coefficient (Wildman–Crippen LogP) is 3.94. The Morgan fingerprint density at radius 2 is 1.95 bits per heavy atom. The molecule has 1 atom stereocenters. The Morgan fingerprint density at radius 3 is 2.67 bits per heavy atom. The van der Waals surface area contributed by atoms with Gasteiger partial charge in [-0.1, -0.05) is 30.0 Å². The standard InChI is InChI=1S/C17H18O3S/c1-3-18-14(2)20-17-11-5-4-10-16(17)19-12-6-8-15-9-7-13-21-15/h4-5,7,9-11,13-14H,3,12H2,1-2H3. The van der Waals surface area contributed by atoms with Gasteiger partial charge in [0.1, 0.15) is 6.61 Å². The number of hydrogen-bond donors (Lipinski definition) is 0. The first-order chi connectivity index (χ1) is 10.3. The Bertz CT molecular complexity index is 596. The molecular formula is C17H18O3S. The van der Waals surface area contributed by atoms with Crippen molar-refractivity contribution in [1.82, 2.24) is 0 Å². The van der Waals surface area contributed by atoms with Crippen molar-refractivity contribution < 1.29 is 14.2 Å². The average molecular weight is 302 g/mol. The fourth-order valence-electron chi connectivity index (χ4n) is 1.70. The molecule has 0 saturated carbocycles. The van der Waals surface area contributed by atoms with Gasteiger partial charge in [-0.15, -0.1) is 11.3 Å². The molecule has 0 aliphatic rings. The fourth-order valence-corrected chi connectivity index (χ4v) is 2.29. The minimum atomic E-state index is -0.308. The first-order valence-corrected chi connectivity index (χ1v) is 7.70. The third-order valence-electron chi connectivity index (χ3n) is 2.58. The van der Waals surface area contributed by atoms with Crippen LogP contribution in [0, 0.1) is 11.8 Å². The van der Waals surface area contributed by atoms with Crippen LogP contribution >= 0.6 is 11.3 Å². The SMILES string of the molecule is CCOC(C)Oc1ccccc1OCC#Cc1cccs1. The van der Waals surface area contributed by atoms with Gasteiger partial charge in [0.05, 0.1) is 4.88 Å². The van der Waals surface area contributed by atoms with Crippen molar-refractivity contribution in [3.63, 3.8) is 0 Å². The molecule has 1 heterocycles. The highest BCUT2D eigenvalue weighted by molar-refractivity contribution is 7.10. The van der Waals surface area contributed by atoms with Gasteiger partial charge in [-0.25, -0.2) is 0 Å². The maximum Gasteiger partial charge on any atom is 0.197 e. The van der Waals surface area contributed by atoms with Crippen molar-refractivity contribution in [2.24, 2.45) is 0 Å². The summed E-state index contributed by atoms with van der Waals surface area (Å²) in [5.74, 6) is 7.38. The summed E-state index contributed by atoms with van der Waals surface area (Å²) in [4.78, 5) is 1.04. The van der Waals surface area contributed by atoms with Crippen LogP contribution in [-0.2, 0) is 4.74 Å². The van der Waals surface area contributed by atoms with E-state index < -0.39 is 0 Å². The van der Waals surface area contributed by atoms with E-state index in [9.17, 15) is 0 Å². The number of benzene rings is 1. The number of hydrogen-bond acceptors (Lipinski definition) is 4. The molecule has 0 fully saturated rings. The number of para-hydroxylation sites is 2. The highest BCUT2D eigenvalue weighted by Gasteiger charge is 2.08. The third kappa shape index (κ3) is 5.14. The maximum absolute atomic E-state index is 5.70. The maximum atomic E-state index is 5.70. The van der Waals surface area contributed by atoms with E-state index in [0.717, 1.165) is 4.88 Å². The van der Waals surface area contributed by atoms with Crippen LogP contribution in [0.15, 0.2) is 41.8 Å². The van der Waals surface area contributed by atoms with E-state index in [4.69, 9.17) is 14.2 Å². The summed E-state index contributed by atoms with van der Waals surface area (Å²) in [6, 6.07) is 11.5. The largest absolute Gasteiger partial charge is 0.477 e. The minimum absolute atomic E-state index is 0.308. The normalized spacial score (nSPS) is 11.3. The van der Waals surface area contributed by atoms with Crippen LogP contribution in [0.2, 0.25) is 0 Å². The molecule has 1 aromatic carbocycles. The Morgan fingerprint density at radius 1 is 1.14 bits per heavy atom. The lowest BCUT2D eigenvalue weighted by Gasteiger charge is -2.16. The molecular weight excluding hydrogens is 284 g/mol. The Balaban J connectivity index is 1.93. The highest BCUT2D eigenvalue weighted by Crippen LogP contribution is 2.27. The second-order valence-electron chi connectivity index (χ2n) is 4.16. The molecule has 0 aliphatic heterocycles. The molecule has 0 amide bonds. The van der Waals surface area contributed by atoms with Crippen molar-refractivity contribution in [2.75, 3.05) is 13.2 Å². The third-order valence-corrected chi connectivity index (χ3v) is 3.36. The van der Waals surface area contributed by atoms with E-state index in [0.29, 0.717) is 24.7 Å². The smallest absolute Gasteiger partial charge is 0.197 e. The van der Waals surface area contributed by atoms with Crippen molar-refractivity contribution in [1.29, 1.82) is 0 Å². The van der Waals surface area contributed by atoms with Crippen LogP contribution in [0.25, 0.3) is 0 Å². The van der Waals surface area contributed by atoms with E-state index in [1.807, 2.05) is 55.6 Å². The highest BCUT2D eigenvalue weighted by atomic mass is 32.1. The summed E-state index contributed by atoms with van der Waals surface area (Å²) in [6.07, 6.45) is -0.308. The molecule has 1 unspecified atom stereocenters. The molecule has 2 aromatic rings.